The van der Waals surface area contributed by atoms with E-state index in [1.807, 2.05) is 0 Å². The van der Waals surface area contributed by atoms with Gasteiger partial charge in [-0.25, -0.2) is 0 Å². The highest BCUT2D eigenvalue weighted by Crippen LogP contribution is 2.53. The summed E-state index contributed by atoms with van der Waals surface area (Å²) in [6.07, 6.45) is 7.41. The second kappa shape index (κ2) is 8.68. The molecule has 148 valence electrons. The average molecular weight is 366 g/mol. The van der Waals surface area contributed by atoms with Crippen LogP contribution >= 0.6 is 0 Å². The molecule has 3 N–H and O–H groups in total. The van der Waals surface area contributed by atoms with Crippen LogP contribution < -0.4 is 0 Å². The molecule has 26 heavy (non-hydrogen) atoms. The smallest absolute Gasteiger partial charge is 0.305 e. The Kier molecular flexibility index (Phi) is 7.05. The lowest BCUT2D eigenvalue weighted by molar-refractivity contribution is -0.139. The molecule has 0 bridgehead atoms. The number of hydrogen-bond acceptors (Lipinski definition) is 4. The van der Waals surface area contributed by atoms with Crippen LogP contribution in [0.3, 0.4) is 0 Å². The molecule has 0 heterocycles. The zero-order chi connectivity index (χ0) is 19.5. The fourth-order valence-corrected chi connectivity index (χ4v) is 4.94. The van der Waals surface area contributed by atoms with Crippen LogP contribution in [0, 0.1) is 23.2 Å². The van der Waals surface area contributed by atoms with Crippen molar-refractivity contribution in [3.8, 4) is 0 Å². The molecule has 5 nitrogen and oxygen atoms in total. The normalized spacial score (nSPS) is 36.2. The molecule has 0 aromatic heterocycles. The van der Waals surface area contributed by atoms with E-state index in [9.17, 15) is 15.0 Å². The molecule has 0 spiro atoms. The van der Waals surface area contributed by atoms with Crippen LogP contribution in [0.5, 0.6) is 0 Å². The largest absolute Gasteiger partial charge is 0.481 e. The molecule has 0 aromatic carbocycles. The van der Waals surface area contributed by atoms with Crippen molar-refractivity contribution in [3.05, 3.63) is 23.8 Å². The Morgan fingerprint density at radius 3 is 2.65 bits per heavy atom. The number of hydrogen-bond donors (Lipinski definition) is 3. The fourth-order valence-electron chi connectivity index (χ4n) is 4.94. The number of ether oxygens (including phenoxy) is 1. The minimum atomic E-state index is -1.04. The predicted molar refractivity (Wildman–Crippen MR) is 101 cm³/mol. The lowest BCUT2D eigenvalue weighted by atomic mass is 9.55. The summed E-state index contributed by atoms with van der Waals surface area (Å²) < 4.78 is 5.89. The van der Waals surface area contributed by atoms with Crippen molar-refractivity contribution in [2.45, 2.75) is 71.2 Å². The molecule has 2 rings (SSSR count). The Morgan fingerprint density at radius 2 is 2.04 bits per heavy atom. The number of aliphatic hydroxyl groups is 2. The summed E-state index contributed by atoms with van der Waals surface area (Å²) in [6.45, 7) is 6.70. The highest BCUT2D eigenvalue weighted by Gasteiger charge is 2.49. The highest BCUT2D eigenvalue weighted by atomic mass is 16.5. The molecule has 0 aromatic rings. The van der Waals surface area contributed by atoms with Gasteiger partial charge in [-0.1, -0.05) is 39.0 Å². The number of carboxylic acids is 1. The molecule has 0 radical (unpaired) electrons. The maximum Gasteiger partial charge on any atom is 0.305 e. The molecule has 0 saturated carbocycles. The summed E-state index contributed by atoms with van der Waals surface area (Å²) in [6, 6.07) is 0. The van der Waals surface area contributed by atoms with Crippen molar-refractivity contribution >= 4 is 5.97 Å². The van der Waals surface area contributed by atoms with Gasteiger partial charge in [0.1, 0.15) is 0 Å². The fraction of sp³-hybridized carbons (Fsp3) is 0.762. The van der Waals surface area contributed by atoms with Crippen LogP contribution in [0.15, 0.2) is 23.8 Å². The van der Waals surface area contributed by atoms with Crippen molar-refractivity contribution in [2.24, 2.45) is 23.2 Å². The van der Waals surface area contributed by atoms with Gasteiger partial charge < -0.3 is 20.1 Å². The molecule has 0 aliphatic heterocycles. The lowest BCUT2D eigenvalue weighted by Gasteiger charge is -2.51. The van der Waals surface area contributed by atoms with Crippen molar-refractivity contribution < 1.29 is 24.9 Å². The first-order valence-electron chi connectivity index (χ1n) is 9.69. The van der Waals surface area contributed by atoms with E-state index in [-0.39, 0.29) is 24.4 Å². The monoisotopic (exact) mass is 366 g/mol. The number of carboxylic acid groups (broad SMARTS) is 1. The minimum Gasteiger partial charge on any atom is -0.481 e. The van der Waals surface area contributed by atoms with Crippen LogP contribution in [0.2, 0.25) is 0 Å². The topological polar surface area (TPSA) is 87.0 Å². The minimum absolute atomic E-state index is 0.0885. The predicted octanol–water partition coefficient (Wildman–Crippen LogP) is 3.16. The molecule has 0 saturated heterocycles. The maximum absolute atomic E-state index is 10.7. The highest BCUT2D eigenvalue weighted by molar-refractivity contribution is 5.67. The van der Waals surface area contributed by atoms with Gasteiger partial charge >= 0.3 is 5.97 Å². The second-order valence-electron chi connectivity index (χ2n) is 8.39. The first kappa shape index (κ1) is 21.1. The van der Waals surface area contributed by atoms with Gasteiger partial charge in [0.15, 0.2) is 0 Å². The van der Waals surface area contributed by atoms with Crippen molar-refractivity contribution in [1.29, 1.82) is 0 Å². The maximum atomic E-state index is 10.7. The van der Waals surface area contributed by atoms with Crippen molar-refractivity contribution in [3.63, 3.8) is 0 Å². The Labute approximate surface area is 156 Å². The van der Waals surface area contributed by atoms with Gasteiger partial charge in [-0.2, -0.15) is 0 Å². The summed E-state index contributed by atoms with van der Waals surface area (Å²) in [5.74, 6) is 0.151. The molecule has 2 aliphatic carbocycles. The Bertz CT molecular complexity index is 555. The second-order valence-corrected chi connectivity index (χ2v) is 8.39. The van der Waals surface area contributed by atoms with E-state index in [0.29, 0.717) is 24.2 Å². The third kappa shape index (κ3) is 4.56. The average Bonchev–Trinajstić information content (AvgIpc) is 2.53. The van der Waals surface area contributed by atoms with Gasteiger partial charge in [0.25, 0.3) is 0 Å². The lowest BCUT2D eigenvalue weighted by Crippen LogP contribution is -2.48. The Morgan fingerprint density at radius 1 is 1.35 bits per heavy atom. The van der Waals surface area contributed by atoms with Crippen LogP contribution in [-0.4, -0.2) is 46.7 Å². The summed E-state index contributed by atoms with van der Waals surface area (Å²) in [5, 5.41) is 28.8. The SMILES string of the molecule is CO[C@H]1C[C@@H](C)C=C2C=C[C@H](C)[C@H](CC[C@@H](O)C[C@@H](O)CC(=O)O)[C@]21C. The molecule has 5 heteroatoms. The van der Waals surface area contributed by atoms with E-state index < -0.39 is 18.2 Å². The van der Waals surface area contributed by atoms with Crippen LogP contribution in [0.25, 0.3) is 0 Å². The molecule has 0 fully saturated rings. The number of aliphatic hydroxyl groups excluding tert-OH is 2. The van der Waals surface area contributed by atoms with Gasteiger partial charge in [0, 0.05) is 12.5 Å². The number of fused-ring (bicyclic) bond motifs is 1. The quantitative estimate of drug-likeness (QED) is 0.614. The van der Waals surface area contributed by atoms with E-state index in [1.165, 1.54) is 5.57 Å². The van der Waals surface area contributed by atoms with Crippen LogP contribution in [0.1, 0.15) is 52.9 Å². The zero-order valence-corrected chi connectivity index (χ0v) is 16.4. The van der Waals surface area contributed by atoms with Crippen molar-refractivity contribution in [2.75, 3.05) is 7.11 Å². The standard InChI is InChI=1S/C21H34O5/c1-13-9-15-6-5-14(2)18(21(15,3)19(10-13)26-4)8-7-16(22)11-17(23)12-20(24)25/h5-6,9,13-14,16-19,22-23H,7-8,10-12H2,1-4H3,(H,24,25)/t13-,14-,16+,17+,18-,19-,21-/m0/s1. The third-order valence-electron chi connectivity index (χ3n) is 6.37. The number of carbonyl (C=O) groups is 1. The molecule has 2 aliphatic rings. The number of aliphatic carboxylic acids is 1. The van der Waals surface area contributed by atoms with Crippen molar-refractivity contribution in [1.82, 2.24) is 0 Å². The summed E-state index contributed by atoms with van der Waals surface area (Å²) in [5.41, 5.74) is 1.24. The Hall–Kier alpha value is -1.17. The first-order valence-corrected chi connectivity index (χ1v) is 9.69. The zero-order valence-electron chi connectivity index (χ0n) is 16.4. The van der Waals surface area contributed by atoms with Gasteiger partial charge in [-0.15, -0.1) is 0 Å². The molecule has 0 unspecified atom stereocenters. The van der Waals surface area contributed by atoms with E-state index in [0.717, 1.165) is 12.8 Å². The first-order chi connectivity index (χ1) is 12.2. The molecule has 7 atom stereocenters. The number of methoxy groups -OCH3 is 1. The summed E-state index contributed by atoms with van der Waals surface area (Å²) in [7, 11) is 1.78. The third-order valence-corrected chi connectivity index (χ3v) is 6.37. The van der Waals surface area contributed by atoms with E-state index in [4.69, 9.17) is 9.84 Å². The molecule has 0 amide bonds. The van der Waals surface area contributed by atoms with Gasteiger partial charge in [-0.3, -0.25) is 4.79 Å². The van der Waals surface area contributed by atoms with Gasteiger partial charge in [-0.05, 0) is 49.0 Å². The van der Waals surface area contributed by atoms with E-state index in [2.05, 4.69) is 39.0 Å². The summed E-state index contributed by atoms with van der Waals surface area (Å²) >= 11 is 0. The summed E-state index contributed by atoms with van der Waals surface area (Å²) in [4.78, 5) is 10.7. The number of rotatable bonds is 8. The van der Waals surface area contributed by atoms with Crippen LogP contribution in [-0.2, 0) is 9.53 Å². The van der Waals surface area contributed by atoms with Gasteiger partial charge in [0.05, 0.1) is 24.7 Å². The number of allylic oxidation sites excluding steroid dienone is 3. The Balaban J connectivity index is 2.08. The van der Waals surface area contributed by atoms with E-state index in [1.54, 1.807) is 7.11 Å². The van der Waals surface area contributed by atoms with Gasteiger partial charge in [0.2, 0.25) is 0 Å². The van der Waals surface area contributed by atoms with Crippen LogP contribution in [0.4, 0.5) is 0 Å². The molecular weight excluding hydrogens is 332 g/mol. The molecular formula is C21H34O5. The van der Waals surface area contributed by atoms with E-state index >= 15 is 0 Å².